The zero-order valence-electron chi connectivity index (χ0n) is 10.0. The summed E-state index contributed by atoms with van der Waals surface area (Å²) in [4.78, 5) is 0. The van der Waals surface area contributed by atoms with Gasteiger partial charge in [0, 0.05) is 22.5 Å². The molecule has 0 saturated carbocycles. The molecule has 0 aliphatic rings. The number of hydrogen-bond donors (Lipinski definition) is 0. The lowest BCUT2D eigenvalue weighted by Gasteiger charge is -2.36. The van der Waals surface area contributed by atoms with E-state index in [-0.39, 0.29) is 0 Å². The van der Waals surface area contributed by atoms with E-state index in [1.165, 1.54) is 10.2 Å². The van der Waals surface area contributed by atoms with Gasteiger partial charge in [0.2, 0.25) is 0 Å². The second kappa shape index (κ2) is 6.76. The van der Waals surface area contributed by atoms with Gasteiger partial charge in [0.05, 0.1) is 0 Å². The lowest BCUT2D eigenvalue weighted by atomic mass is 10.2. The van der Waals surface area contributed by atoms with Crippen molar-refractivity contribution in [2.24, 2.45) is 0 Å². The minimum atomic E-state index is -1.48. The standard InChI is InChI=1S/C10H23IOSSi/c1-10(2,3)14(4,5)12-7-9-13-8-6-11/h6-9H2,1-5H3. The molecule has 0 aromatic carbocycles. The summed E-state index contributed by atoms with van der Waals surface area (Å²) in [6.45, 7) is 12.4. The smallest absolute Gasteiger partial charge is 0.192 e. The van der Waals surface area contributed by atoms with Gasteiger partial charge in [0.25, 0.3) is 0 Å². The predicted octanol–water partition coefficient (Wildman–Crippen LogP) is 4.18. The maximum absolute atomic E-state index is 6.06. The Morgan fingerprint density at radius 1 is 1.21 bits per heavy atom. The van der Waals surface area contributed by atoms with Gasteiger partial charge < -0.3 is 4.43 Å². The average Bonchev–Trinajstić information content (AvgIpc) is 2.02. The summed E-state index contributed by atoms with van der Waals surface area (Å²) < 4.78 is 7.29. The Kier molecular flexibility index (Phi) is 7.36. The van der Waals surface area contributed by atoms with Crippen molar-refractivity contribution < 1.29 is 4.43 Å². The van der Waals surface area contributed by atoms with Crippen molar-refractivity contribution in [2.75, 3.05) is 22.5 Å². The third-order valence-corrected chi connectivity index (χ3v) is 9.48. The SMILES string of the molecule is CC(C)(C)[Si](C)(C)OCCSCCI. The lowest BCUT2D eigenvalue weighted by molar-refractivity contribution is 0.311. The highest BCUT2D eigenvalue weighted by atomic mass is 127. The predicted molar refractivity (Wildman–Crippen MR) is 79.4 cm³/mol. The van der Waals surface area contributed by atoms with E-state index in [0.717, 1.165) is 12.4 Å². The van der Waals surface area contributed by atoms with Gasteiger partial charge in [-0.3, -0.25) is 0 Å². The number of alkyl halides is 1. The maximum atomic E-state index is 6.06. The molecule has 0 spiro atoms. The molecular weight excluding hydrogens is 323 g/mol. The van der Waals surface area contributed by atoms with Gasteiger partial charge in [-0.25, -0.2) is 0 Å². The summed E-state index contributed by atoms with van der Waals surface area (Å²) >= 11 is 4.41. The normalized spacial score (nSPS) is 13.3. The van der Waals surface area contributed by atoms with Crippen molar-refractivity contribution in [3.63, 3.8) is 0 Å². The van der Waals surface area contributed by atoms with Gasteiger partial charge in [0.15, 0.2) is 8.32 Å². The second-order valence-electron chi connectivity index (χ2n) is 4.91. The van der Waals surface area contributed by atoms with Crippen molar-refractivity contribution in [3.05, 3.63) is 0 Å². The third-order valence-electron chi connectivity index (χ3n) is 2.72. The van der Waals surface area contributed by atoms with E-state index in [4.69, 9.17) is 4.43 Å². The molecular formula is C10H23IOSSi. The molecule has 14 heavy (non-hydrogen) atoms. The van der Waals surface area contributed by atoms with E-state index < -0.39 is 8.32 Å². The molecule has 0 rings (SSSR count). The summed E-state index contributed by atoms with van der Waals surface area (Å²) in [7, 11) is -1.48. The summed E-state index contributed by atoms with van der Waals surface area (Å²) in [5, 5.41) is 0.348. The monoisotopic (exact) mass is 346 g/mol. The van der Waals surface area contributed by atoms with Crippen LogP contribution >= 0.6 is 34.4 Å². The number of rotatable bonds is 6. The molecule has 0 N–H and O–H groups in total. The quantitative estimate of drug-likeness (QED) is 0.309. The molecule has 0 bridgehead atoms. The highest BCUT2D eigenvalue weighted by Crippen LogP contribution is 2.36. The van der Waals surface area contributed by atoms with Crippen LogP contribution in [0.5, 0.6) is 0 Å². The van der Waals surface area contributed by atoms with Crippen LogP contribution in [-0.4, -0.2) is 30.9 Å². The minimum Gasteiger partial charge on any atom is -0.416 e. The zero-order chi connectivity index (χ0) is 11.2. The second-order valence-corrected chi connectivity index (χ2v) is 12.0. The third kappa shape index (κ3) is 5.98. The van der Waals surface area contributed by atoms with Crippen LogP contribution in [0, 0.1) is 0 Å². The Balaban J connectivity index is 3.67. The van der Waals surface area contributed by atoms with Crippen LogP contribution in [-0.2, 0) is 4.43 Å². The summed E-state index contributed by atoms with van der Waals surface area (Å²) in [5.74, 6) is 2.40. The Hall–Kier alpha value is 1.26. The number of halogens is 1. The highest BCUT2D eigenvalue weighted by molar-refractivity contribution is 14.1. The fourth-order valence-corrected chi connectivity index (χ4v) is 3.37. The molecule has 0 saturated heterocycles. The first-order chi connectivity index (χ1) is 6.31. The first kappa shape index (κ1) is 15.3. The lowest BCUT2D eigenvalue weighted by Crippen LogP contribution is -2.41. The van der Waals surface area contributed by atoms with Crippen LogP contribution in [0.4, 0.5) is 0 Å². The fraction of sp³-hybridized carbons (Fsp3) is 1.00. The summed E-state index contributed by atoms with van der Waals surface area (Å²) in [6.07, 6.45) is 0. The largest absolute Gasteiger partial charge is 0.416 e. The van der Waals surface area contributed by atoms with E-state index in [2.05, 4.69) is 56.5 Å². The molecule has 0 aliphatic carbocycles. The van der Waals surface area contributed by atoms with Crippen LogP contribution in [0.15, 0.2) is 0 Å². The van der Waals surface area contributed by atoms with Crippen LogP contribution in [0.25, 0.3) is 0 Å². The van der Waals surface area contributed by atoms with E-state index in [0.29, 0.717) is 5.04 Å². The van der Waals surface area contributed by atoms with Gasteiger partial charge in [0.1, 0.15) is 0 Å². The van der Waals surface area contributed by atoms with Crippen LogP contribution < -0.4 is 0 Å². The molecule has 0 heterocycles. The van der Waals surface area contributed by atoms with E-state index in [1.807, 2.05) is 11.8 Å². The highest BCUT2D eigenvalue weighted by Gasteiger charge is 2.36. The molecule has 0 amide bonds. The van der Waals surface area contributed by atoms with Crippen molar-refractivity contribution in [2.45, 2.75) is 38.9 Å². The Labute approximate surface area is 108 Å². The fourth-order valence-electron chi connectivity index (χ4n) is 0.729. The topological polar surface area (TPSA) is 9.23 Å². The Morgan fingerprint density at radius 3 is 2.21 bits per heavy atom. The van der Waals surface area contributed by atoms with Crippen LogP contribution in [0.2, 0.25) is 18.1 Å². The first-order valence-electron chi connectivity index (χ1n) is 5.09. The van der Waals surface area contributed by atoms with Gasteiger partial charge in [-0.05, 0) is 18.1 Å². The zero-order valence-corrected chi connectivity index (χ0v) is 14.0. The first-order valence-corrected chi connectivity index (χ1v) is 10.7. The molecule has 0 radical (unpaired) electrons. The molecule has 0 atom stereocenters. The van der Waals surface area contributed by atoms with Gasteiger partial charge in [-0.1, -0.05) is 43.4 Å². The van der Waals surface area contributed by atoms with Crippen molar-refractivity contribution >= 4 is 42.7 Å². The van der Waals surface area contributed by atoms with Crippen molar-refractivity contribution in [3.8, 4) is 0 Å². The molecule has 86 valence electrons. The molecule has 0 aromatic heterocycles. The van der Waals surface area contributed by atoms with Gasteiger partial charge in [-0.2, -0.15) is 11.8 Å². The molecule has 0 fully saturated rings. The summed E-state index contributed by atoms with van der Waals surface area (Å²) in [5.41, 5.74) is 0. The van der Waals surface area contributed by atoms with E-state index >= 15 is 0 Å². The maximum Gasteiger partial charge on any atom is 0.192 e. The van der Waals surface area contributed by atoms with Gasteiger partial charge in [-0.15, -0.1) is 0 Å². The molecule has 1 nitrogen and oxygen atoms in total. The molecule has 0 unspecified atom stereocenters. The molecule has 4 heteroatoms. The average molecular weight is 346 g/mol. The minimum absolute atomic E-state index is 0.348. The van der Waals surface area contributed by atoms with Crippen molar-refractivity contribution in [1.82, 2.24) is 0 Å². The molecule has 0 aromatic rings. The van der Waals surface area contributed by atoms with E-state index in [1.54, 1.807) is 0 Å². The van der Waals surface area contributed by atoms with Crippen LogP contribution in [0.3, 0.4) is 0 Å². The van der Waals surface area contributed by atoms with Crippen molar-refractivity contribution in [1.29, 1.82) is 0 Å². The Bertz CT molecular complexity index is 157. The Morgan fingerprint density at radius 2 is 1.79 bits per heavy atom. The summed E-state index contributed by atoms with van der Waals surface area (Å²) in [6, 6.07) is 0. The van der Waals surface area contributed by atoms with Crippen LogP contribution in [0.1, 0.15) is 20.8 Å². The van der Waals surface area contributed by atoms with Gasteiger partial charge >= 0.3 is 0 Å². The number of hydrogen-bond acceptors (Lipinski definition) is 2. The van der Waals surface area contributed by atoms with E-state index in [9.17, 15) is 0 Å². The molecule has 0 aliphatic heterocycles. The number of thioether (sulfide) groups is 1.